The lowest BCUT2D eigenvalue weighted by molar-refractivity contribution is 0.204. The first-order valence-electron chi connectivity index (χ1n) is 6.26. The molecule has 0 heterocycles. The van der Waals surface area contributed by atoms with Crippen molar-refractivity contribution in [2.75, 3.05) is 13.6 Å². The maximum Gasteiger partial charge on any atom is 0.138 e. The SMILES string of the molecule is CNCC1CCC(Oc2cc(C)ccc2Cl)C1. The van der Waals surface area contributed by atoms with E-state index in [1.807, 2.05) is 25.2 Å². The maximum absolute atomic E-state index is 6.13. The van der Waals surface area contributed by atoms with Crippen LogP contribution >= 0.6 is 11.6 Å². The third kappa shape index (κ3) is 3.36. The fourth-order valence-corrected chi connectivity index (χ4v) is 2.65. The van der Waals surface area contributed by atoms with Gasteiger partial charge in [0.2, 0.25) is 0 Å². The molecule has 0 saturated heterocycles. The second kappa shape index (κ2) is 5.74. The van der Waals surface area contributed by atoms with Gasteiger partial charge < -0.3 is 10.1 Å². The van der Waals surface area contributed by atoms with Crippen molar-refractivity contribution >= 4 is 11.6 Å². The van der Waals surface area contributed by atoms with Crippen molar-refractivity contribution in [2.45, 2.75) is 32.3 Å². The van der Waals surface area contributed by atoms with Crippen LogP contribution in [0.25, 0.3) is 0 Å². The standard InChI is InChI=1S/C14H20ClNO/c1-10-3-6-13(15)14(7-10)17-12-5-4-11(8-12)9-16-2/h3,6-7,11-12,16H,4-5,8-9H2,1-2H3. The molecule has 17 heavy (non-hydrogen) atoms. The molecule has 1 aliphatic rings. The van der Waals surface area contributed by atoms with Gasteiger partial charge in [-0.1, -0.05) is 17.7 Å². The van der Waals surface area contributed by atoms with Crippen LogP contribution in [0.1, 0.15) is 24.8 Å². The van der Waals surface area contributed by atoms with E-state index in [9.17, 15) is 0 Å². The van der Waals surface area contributed by atoms with Crippen molar-refractivity contribution in [3.05, 3.63) is 28.8 Å². The lowest BCUT2D eigenvalue weighted by Crippen LogP contribution is -2.18. The number of ether oxygens (including phenoxy) is 1. The van der Waals surface area contributed by atoms with E-state index in [4.69, 9.17) is 16.3 Å². The summed E-state index contributed by atoms with van der Waals surface area (Å²) in [5.41, 5.74) is 1.19. The first kappa shape index (κ1) is 12.7. The van der Waals surface area contributed by atoms with Gasteiger partial charge in [-0.25, -0.2) is 0 Å². The molecule has 94 valence electrons. The summed E-state index contributed by atoms with van der Waals surface area (Å²) in [5.74, 6) is 1.58. The number of hydrogen-bond donors (Lipinski definition) is 1. The quantitative estimate of drug-likeness (QED) is 0.888. The summed E-state index contributed by atoms with van der Waals surface area (Å²) in [6, 6.07) is 5.94. The van der Waals surface area contributed by atoms with E-state index in [0.29, 0.717) is 11.1 Å². The molecule has 1 fully saturated rings. The second-order valence-corrected chi connectivity index (χ2v) is 5.32. The molecule has 1 aromatic rings. The number of rotatable bonds is 4. The van der Waals surface area contributed by atoms with Gasteiger partial charge in [-0.2, -0.15) is 0 Å². The summed E-state index contributed by atoms with van der Waals surface area (Å²) in [6.45, 7) is 3.14. The first-order chi connectivity index (χ1) is 8.19. The summed E-state index contributed by atoms with van der Waals surface area (Å²) >= 11 is 6.13. The van der Waals surface area contributed by atoms with Gasteiger partial charge in [0.25, 0.3) is 0 Å². The molecule has 2 nitrogen and oxygen atoms in total. The van der Waals surface area contributed by atoms with Crippen molar-refractivity contribution in [1.82, 2.24) is 5.32 Å². The van der Waals surface area contributed by atoms with Gasteiger partial charge in [-0.3, -0.25) is 0 Å². The molecule has 1 aromatic carbocycles. The smallest absolute Gasteiger partial charge is 0.138 e. The Morgan fingerprint density at radius 2 is 2.24 bits per heavy atom. The lowest BCUT2D eigenvalue weighted by Gasteiger charge is -2.15. The molecule has 0 spiro atoms. The molecule has 2 unspecified atom stereocenters. The van der Waals surface area contributed by atoms with Crippen LogP contribution in [0.2, 0.25) is 5.02 Å². The van der Waals surface area contributed by atoms with Gasteiger partial charge in [-0.05, 0) is 63.4 Å². The fraction of sp³-hybridized carbons (Fsp3) is 0.571. The summed E-state index contributed by atoms with van der Waals surface area (Å²) in [6.07, 6.45) is 3.84. The van der Waals surface area contributed by atoms with Gasteiger partial charge in [-0.15, -0.1) is 0 Å². The van der Waals surface area contributed by atoms with E-state index in [1.165, 1.54) is 12.0 Å². The molecule has 2 rings (SSSR count). The summed E-state index contributed by atoms with van der Waals surface area (Å²) in [5, 5.41) is 3.95. The summed E-state index contributed by atoms with van der Waals surface area (Å²) < 4.78 is 6.00. The molecule has 2 atom stereocenters. The minimum atomic E-state index is 0.327. The monoisotopic (exact) mass is 253 g/mol. The Balaban J connectivity index is 1.95. The van der Waals surface area contributed by atoms with E-state index in [1.54, 1.807) is 0 Å². The van der Waals surface area contributed by atoms with Crippen LogP contribution < -0.4 is 10.1 Å². The number of hydrogen-bond acceptors (Lipinski definition) is 2. The zero-order valence-corrected chi connectivity index (χ0v) is 11.3. The van der Waals surface area contributed by atoms with Gasteiger partial charge in [0.1, 0.15) is 5.75 Å². The third-order valence-electron chi connectivity index (χ3n) is 3.37. The fourth-order valence-electron chi connectivity index (χ4n) is 2.49. The Morgan fingerprint density at radius 1 is 1.41 bits per heavy atom. The second-order valence-electron chi connectivity index (χ2n) is 4.91. The molecule has 1 saturated carbocycles. The number of nitrogens with one attached hydrogen (secondary N) is 1. The highest BCUT2D eigenvalue weighted by Crippen LogP contribution is 2.32. The Labute approximate surface area is 108 Å². The zero-order chi connectivity index (χ0) is 12.3. The molecular weight excluding hydrogens is 234 g/mol. The minimum Gasteiger partial charge on any atom is -0.489 e. The number of benzene rings is 1. The van der Waals surface area contributed by atoms with Crippen molar-refractivity contribution in [3.8, 4) is 5.75 Å². The minimum absolute atomic E-state index is 0.327. The molecule has 0 radical (unpaired) electrons. The largest absolute Gasteiger partial charge is 0.489 e. The van der Waals surface area contributed by atoms with Crippen molar-refractivity contribution < 1.29 is 4.74 Å². The van der Waals surface area contributed by atoms with Gasteiger partial charge in [0, 0.05) is 0 Å². The molecule has 0 aromatic heterocycles. The van der Waals surface area contributed by atoms with Crippen LogP contribution in [0.15, 0.2) is 18.2 Å². The van der Waals surface area contributed by atoms with Gasteiger partial charge in [0.15, 0.2) is 0 Å². The van der Waals surface area contributed by atoms with Crippen LogP contribution in [0.4, 0.5) is 0 Å². The van der Waals surface area contributed by atoms with E-state index in [-0.39, 0.29) is 0 Å². The lowest BCUT2D eigenvalue weighted by atomic mass is 10.1. The molecule has 1 aliphatic carbocycles. The predicted molar refractivity (Wildman–Crippen MR) is 71.9 cm³/mol. The highest BCUT2D eigenvalue weighted by Gasteiger charge is 2.25. The maximum atomic E-state index is 6.13. The van der Waals surface area contributed by atoms with E-state index in [0.717, 1.165) is 31.1 Å². The van der Waals surface area contributed by atoms with Crippen LogP contribution in [-0.4, -0.2) is 19.7 Å². The van der Waals surface area contributed by atoms with E-state index in [2.05, 4.69) is 12.2 Å². The van der Waals surface area contributed by atoms with E-state index >= 15 is 0 Å². The van der Waals surface area contributed by atoms with Gasteiger partial charge in [0.05, 0.1) is 11.1 Å². The van der Waals surface area contributed by atoms with E-state index < -0.39 is 0 Å². The van der Waals surface area contributed by atoms with Crippen LogP contribution in [-0.2, 0) is 0 Å². The Kier molecular flexibility index (Phi) is 4.30. The van der Waals surface area contributed by atoms with Gasteiger partial charge >= 0.3 is 0 Å². The summed E-state index contributed by atoms with van der Waals surface area (Å²) in [7, 11) is 2.01. The molecule has 1 N–H and O–H groups in total. The van der Waals surface area contributed by atoms with Crippen molar-refractivity contribution in [1.29, 1.82) is 0 Å². The molecular formula is C14H20ClNO. The van der Waals surface area contributed by atoms with Crippen LogP contribution in [0, 0.1) is 12.8 Å². The highest BCUT2D eigenvalue weighted by molar-refractivity contribution is 6.32. The average molecular weight is 254 g/mol. The Hall–Kier alpha value is -0.730. The Morgan fingerprint density at radius 3 is 3.00 bits per heavy atom. The number of halogens is 1. The summed E-state index contributed by atoms with van der Waals surface area (Å²) in [4.78, 5) is 0. The molecule has 0 bridgehead atoms. The van der Waals surface area contributed by atoms with Crippen LogP contribution in [0.3, 0.4) is 0 Å². The Bertz CT molecular complexity index is 380. The first-order valence-corrected chi connectivity index (χ1v) is 6.64. The topological polar surface area (TPSA) is 21.3 Å². The van der Waals surface area contributed by atoms with Crippen molar-refractivity contribution in [3.63, 3.8) is 0 Å². The average Bonchev–Trinajstić information content (AvgIpc) is 2.72. The zero-order valence-electron chi connectivity index (χ0n) is 10.5. The predicted octanol–water partition coefficient (Wildman–Crippen LogP) is 3.42. The molecule has 0 aliphatic heterocycles. The highest BCUT2D eigenvalue weighted by atomic mass is 35.5. The molecule has 0 amide bonds. The van der Waals surface area contributed by atoms with Crippen molar-refractivity contribution in [2.24, 2.45) is 5.92 Å². The third-order valence-corrected chi connectivity index (χ3v) is 3.68. The van der Waals surface area contributed by atoms with Crippen LogP contribution in [0.5, 0.6) is 5.75 Å². The normalized spacial score (nSPS) is 23.9. The molecule has 3 heteroatoms. The number of aryl methyl sites for hydroxylation is 1.